The largest absolute Gasteiger partial charge is 0.497 e. The molecule has 0 bridgehead atoms. The van der Waals surface area contributed by atoms with Crippen molar-refractivity contribution in [2.24, 2.45) is 0 Å². The first kappa shape index (κ1) is 16.0. The molecule has 0 unspecified atom stereocenters. The fraction of sp³-hybridized carbons (Fsp3) is 0.278. The zero-order valence-corrected chi connectivity index (χ0v) is 12.9. The first-order valence-corrected chi connectivity index (χ1v) is 7.33. The lowest BCUT2D eigenvalue weighted by Gasteiger charge is -2.22. The van der Waals surface area contributed by atoms with Gasteiger partial charge in [-0.25, -0.2) is 4.39 Å². The van der Waals surface area contributed by atoms with Crippen molar-refractivity contribution in [3.8, 4) is 5.75 Å². The average Bonchev–Trinajstić information content (AvgIpc) is 2.56. The Bertz CT molecular complexity index is 608. The molecule has 0 saturated heterocycles. The minimum atomic E-state index is -0.303. The predicted octanol–water partition coefficient (Wildman–Crippen LogP) is 3.82. The summed E-state index contributed by atoms with van der Waals surface area (Å²) in [5, 5.41) is 0. The van der Waals surface area contributed by atoms with Gasteiger partial charge in [-0.3, -0.25) is 4.79 Å². The van der Waals surface area contributed by atoms with E-state index in [2.05, 4.69) is 0 Å². The molecule has 2 aromatic carbocycles. The number of anilines is 1. The van der Waals surface area contributed by atoms with Gasteiger partial charge in [-0.05, 0) is 48.4 Å². The van der Waals surface area contributed by atoms with Crippen molar-refractivity contribution in [2.45, 2.75) is 19.8 Å². The van der Waals surface area contributed by atoms with Crippen LogP contribution in [0.2, 0.25) is 0 Å². The molecular formula is C18H20FNO2. The third-order valence-electron chi connectivity index (χ3n) is 3.52. The summed E-state index contributed by atoms with van der Waals surface area (Å²) in [5.41, 5.74) is 1.85. The second-order valence-electron chi connectivity index (χ2n) is 4.97. The van der Waals surface area contributed by atoms with E-state index in [9.17, 15) is 9.18 Å². The van der Waals surface area contributed by atoms with Gasteiger partial charge in [0.15, 0.2) is 0 Å². The molecule has 2 rings (SSSR count). The highest BCUT2D eigenvalue weighted by Crippen LogP contribution is 2.18. The Balaban J connectivity index is 2.09. The quantitative estimate of drug-likeness (QED) is 0.811. The van der Waals surface area contributed by atoms with Gasteiger partial charge < -0.3 is 9.64 Å². The molecule has 0 aliphatic heterocycles. The van der Waals surface area contributed by atoms with E-state index in [0.717, 1.165) is 23.4 Å². The molecule has 0 fully saturated rings. The van der Waals surface area contributed by atoms with E-state index < -0.39 is 0 Å². The smallest absolute Gasteiger partial charge is 0.226 e. The molecule has 0 N–H and O–H groups in total. The first-order chi connectivity index (χ1) is 10.6. The van der Waals surface area contributed by atoms with Crippen molar-refractivity contribution >= 4 is 11.6 Å². The van der Waals surface area contributed by atoms with E-state index in [4.69, 9.17) is 4.74 Å². The zero-order valence-electron chi connectivity index (χ0n) is 12.9. The van der Waals surface area contributed by atoms with Gasteiger partial charge in [-0.15, -0.1) is 0 Å². The fourth-order valence-electron chi connectivity index (χ4n) is 2.24. The Morgan fingerprint density at radius 3 is 2.27 bits per heavy atom. The Kier molecular flexibility index (Phi) is 5.53. The minimum Gasteiger partial charge on any atom is -0.497 e. The van der Waals surface area contributed by atoms with Gasteiger partial charge in [0.1, 0.15) is 11.6 Å². The maximum Gasteiger partial charge on any atom is 0.226 e. The molecule has 2 aromatic rings. The Hall–Kier alpha value is -2.36. The normalized spacial score (nSPS) is 10.3. The Morgan fingerprint density at radius 2 is 1.73 bits per heavy atom. The number of rotatable bonds is 6. The second-order valence-corrected chi connectivity index (χ2v) is 4.97. The summed E-state index contributed by atoms with van der Waals surface area (Å²) in [6, 6.07) is 13.8. The number of ether oxygens (including phenoxy) is 1. The molecule has 4 heteroatoms. The lowest BCUT2D eigenvalue weighted by Crippen LogP contribution is -2.32. The third-order valence-corrected chi connectivity index (χ3v) is 3.52. The lowest BCUT2D eigenvalue weighted by atomic mass is 10.1. The minimum absolute atomic E-state index is 0.0279. The van der Waals surface area contributed by atoms with Crippen LogP contribution < -0.4 is 9.64 Å². The van der Waals surface area contributed by atoms with Crippen LogP contribution in [0.3, 0.4) is 0 Å². The van der Waals surface area contributed by atoms with Crippen LogP contribution in [0.25, 0.3) is 0 Å². The van der Waals surface area contributed by atoms with Crippen LogP contribution in [0.15, 0.2) is 48.5 Å². The van der Waals surface area contributed by atoms with Crippen LogP contribution in [0.4, 0.5) is 10.1 Å². The van der Waals surface area contributed by atoms with Crippen LogP contribution in [0, 0.1) is 5.82 Å². The summed E-state index contributed by atoms with van der Waals surface area (Å²) >= 11 is 0. The van der Waals surface area contributed by atoms with Gasteiger partial charge in [0.05, 0.1) is 7.11 Å². The lowest BCUT2D eigenvalue weighted by molar-refractivity contribution is -0.118. The van der Waals surface area contributed by atoms with Crippen molar-refractivity contribution in [3.05, 3.63) is 59.9 Å². The van der Waals surface area contributed by atoms with Crippen molar-refractivity contribution < 1.29 is 13.9 Å². The molecule has 0 heterocycles. The summed E-state index contributed by atoms with van der Waals surface area (Å²) in [6.07, 6.45) is 1.15. The predicted molar refractivity (Wildman–Crippen MR) is 85.7 cm³/mol. The molecule has 3 nitrogen and oxygen atoms in total. The summed E-state index contributed by atoms with van der Waals surface area (Å²) in [7, 11) is 1.63. The fourth-order valence-corrected chi connectivity index (χ4v) is 2.24. The van der Waals surface area contributed by atoms with Gasteiger partial charge >= 0.3 is 0 Å². The molecule has 0 aromatic heterocycles. The van der Waals surface area contributed by atoms with Gasteiger partial charge in [0.25, 0.3) is 0 Å². The molecule has 116 valence electrons. The van der Waals surface area contributed by atoms with Crippen molar-refractivity contribution in [1.29, 1.82) is 0 Å². The molecule has 22 heavy (non-hydrogen) atoms. The van der Waals surface area contributed by atoms with Crippen LogP contribution in [-0.4, -0.2) is 19.6 Å². The van der Waals surface area contributed by atoms with E-state index in [-0.39, 0.29) is 11.7 Å². The molecule has 0 saturated carbocycles. The first-order valence-electron chi connectivity index (χ1n) is 7.33. The monoisotopic (exact) mass is 301 g/mol. The van der Waals surface area contributed by atoms with E-state index in [1.165, 1.54) is 12.1 Å². The van der Waals surface area contributed by atoms with E-state index in [1.54, 1.807) is 24.1 Å². The van der Waals surface area contributed by atoms with Crippen LogP contribution in [0.1, 0.15) is 18.9 Å². The molecular weight excluding hydrogens is 281 g/mol. The second kappa shape index (κ2) is 7.59. The highest BCUT2D eigenvalue weighted by molar-refractivity contribution is 5.93. The van der Waals surface area contributed by atoms with E-state index in [0.29, 0.717) is 13.0 Å². The number of benzene rings is 2. The molecule has 1 amide bonds. The maximum absolute atomic E-state index is 13.0. The van der Waals surface area contributed by atoms with Gasteiger partial charge in [-0.1, -0.05) is 19.1 Å². The summed E-state index contributed by atoms with van der Waals surface area (Å²) < 4.78 is 18.2. The topological polar surface area (TPSA) is 29.5 Å². The van der Waals surface area contributed by atoms with Crippen LogP contribution >= 0.6 is 0 Å². The molecule has 0 spiro atoms. The number of hydrogen-bond donors (Lipinski definition) is 0. The number of halogens is 1. The van der Waals surface area contributed by atoms with Gasteiger partial charge in [0, 0.05) is 18.7 Å². The van der Waals surface area contributed by atoms with Crippen LogP contribution in [-0.2, 0) is 11.2 Å². The number of carbonyl (C=O) groups is 1. The SMILES string of the molecule is CCC(=O)N(CCc1ccc(OC)cc1)c1ccc(F)cc1. The summed E-state index contributed by atoms with van der Waals surface area (Å²) in [5.74, 6) is 0.534. The van der Waals surface area contributed by atoms with E-state index >= 15 is 0 Å². The highest BCUT2D eigenvalue weighted by Gasteiger charge is 2.14. The number of nitrogens with zero attached hydrogens (tertiary/aromatic N) is 1. The van der Waals surface area contributed by atoms with Gasteiger partial charge in [-0.2, -0.15) is 0 Å². The molecule has 0 aliphatic carbocycles. The zero-order chi connectivity index (χ0) is 15.9. The Labute approximate surface area is 130 Å². The number of hydrogen-bond acceptors (Lipinski definition) is 2. The molecule has 0 aliphatic rings. The highest BCUT2D eigenvalue weighted by atomic mass is 19.1. The summed E-state index contributed by atoms with van der Waals surface area (Å²) in [4.78, 5) is 13.8. The summed E-state index contributed by atoms with van der Waals surface area (Å²) in [6.45, 7) is 2.39. The van der Waals surface area contributed by atoms with E-state index in [1.807, 2.05) is 31.2 Å². The van der Waals surface area contributed by atoms with Crippen molar-refractivity contribution in [2.75, 3.05) is 18.6 Å². The number of carbonyl (C=O) groups excluding carboxylic acids is 1. The molecule has 0 radical (unpaired) electrons. The maximum atomic E-state index is 13.0. The van der Waals surface area contributed by atoms with Crippen LogP contribution in [0.5, 0.6) is 5.75 Å². The average molecular weight is 301 g/mol. The Morgan fingerprint density at radius 1 is 1.09 bits per heavy atom. The standard InChI is InChI=1S/C18H20FNO2/c1-3-18(21)20(16-8-6-15(19)7-9-16)13-12-14-4-10-17(22-2)11-5-14/h4-11H,3,12-13H2,1-2H3. The number of amides is 1. The number of methoxy groups -OCH3 is 1. The van der Waals surface area contributed by atoms with Gasteiger partial charge in [0.2, 0.25) is 5.91 Å². The van der Waals surface area contributed by atoms with Crippen molar-refractivity contribution in [1.82, 2.24) is 0 Å². The van der Waals surface area contributed by atoms with Crippen molar-refractivity contribution in [3.63, 3.8) is 0 Å². The third kappa shape index (κ3) is 4.07. The molecule has 0 atom stereocenters.